The standard InChI is InChI=1S/C13H21ClOSSi/c1-13(2,17(3)4)9-15-10-16-12-7-5-11(14)6-8-12/h5-8,17H,9-10H2,1-4H3. The van der Waals surface area contributed by atoms with Gasteiger partial charge in [-0.15, -0.1) is 0 Å². The van der Waals surface area contributed by atoms with E-state index in [1.807, 2.05) is 24.3 Å². The lowest BCUT2D eigenvalue weighted by atomic mass is 10.2. The van der Waals surface area contributed by atoms with E-state index >= 15 is 0 Å². The number of ether oxygens (including phenoxy) is 1. The minimum absolute atomic E-state index is 0.376. The molecular formula is C13H21ClOSSi. The Morgan fingerprint density at radius 2 is 1.82 bits per heavy atom. The molecule has 0 saturated carbocycles. The van der Waals surface area contributed by atoms with Crippen LogP contribution >= 0.6 is 23.4 Å². The Hall–Kier alpha value is 0.0369. The summed E-state index contributed by atoms with van der Waals surface area (Å²) in [5.41, 5.74) is 0. The molecule has 0 atom stereocenters. The minimum atomic E-state index is -0.655. The van der Waals surface area contributed by atoms with Crippen LogP contribution in [0.3, 0.4) is 0 Å². The number of halogens is 1. The highest BCUT2D eigenvalue weighted by Crippen LogP contribution is 2.29. The number of hydrogen-bond donors (Lipinski definition) is 0. The summed E-state index contributed by atoms with van der Waals surface area (Å²) in [4.78, 5) is 1.20. The molecule has 1 nitrogen and oxygen atoms in total. The second-order valence-electron chi connectivity index (χ2n) is 5.21. The largest absolute Gasteiger partial charge is 0.370 e. The first-order valence-electron chi connectivity index (χ1n) is 5.88. The van der Waals surface area contributed by atoms with E-state index in [2.05, 4.69) is 26.9 Å². The highest BCUT2D eigenvalue weighted by molar-refractivity contribution is 7.99. The molecule has 0 N–H and O–H groups in total. The first kappa shape index (κ1) is 15.1. The van der Waals surface area contributed by atoms with Gasteiger partial charge < -0.3 is 4.74 Å². The van der Waals surface area contributed by atoms with E-state index < -0.39 is 8.80 Å². The van der Waals surface area contributed by atoms with Crippen LogP contribution in [0, 0.1) is 0 Å². The maximum atomic E-state index is 5.83. The van der Waals surface area contributed by atoms with Crippen molar-refractivity contribution in [1.82, 2.24) is 0 Å². The van der Waals surface area contributed by atoms with Crippen molar-refractivity contribution in [3.8, 4) is 0 Å². The average Bonchev–Trinajstić information content (AvgIpc) is 2.26. The van der Waals surface area contributed by atoms with Gasteiger partial charge in [0, 0.05) is 18.7 Å². The van der Waals surface area contributed by atoms with Gasteiger partial charge in [-0.2, -0.15) is 0 Å². The zero-order chi connectivity index (χ0) is 12.9. The summed E-state index contributed by atoms with van der Waals surface area (Å²) in [6, 6.07) is 7.88. The summed E-state index contributed by atoms with van der Waals surface area (Å²) in [5, 5.41) is 1.16. The molecule has 4 heteroatoms. The first-order chi connectivity index (χ1) is 7.92. The molecule has 0 saturated heterocycles. The van der Waals surface area contributed by atoms with Gasteiger partial charge in [0.05, 0.1) is 12.5 Å². The molecule has 1 aromatic carbocycles. The molecule has 0 aliphatic carbocycles. The summed E-state index contributed by atoms with van der Waals surface area (Å²) in [6.07, 6.45) is 0. The van der Waals surface area contributed by atoms with Crippen molar-refractivity contribution in [2.75, 3.05) is 12.5 Å². The van der Waals surface area contributed by atoms with Crippen LogP contribution in [0.15, 0.2) is 29.2 Å². The molecular weight excluding hydrogens is 268 g/mol. The van der Waals surface area contributed by atoms with E-state index in [4.69, 9.17) is 16.3 Å². The van der Waals surface area contributed by atoms with Gasteiger partial charge in [0.2, 0.25) is 0 Å². The Morgan fingerprint density at radius 1 is 1.24 bits per heavy atom. The predicted octanol–water partition coefficient (Wildman–Crippen LogP) is 4.67. The summed E-state index contributed by atoms with van der Waals surface area (Å²) >= 11 is 7.55. The molecule has 0 radical (unpaired) electrons. The zero-order valence-corrected chi connectivity index (χ0v) is 13.7. The molecule has 17 heavy (non-hydrogen) atoms. The molecule has 0 bridgehead atoms. The molecule has 0 amide bonds. The van der Waals surface area contributed by atoms with Crippen molar-refractivity contribution in [3.63, 3.8) is 0 Å². The normalized spacial score (nSPS) is 12.1. The molecule has 0 heterocycles. The molecule has 1 rings (SSSR count). The van der Waals surface area contributed by atoms with Crippen LogP contribution in [0.5, 0.6) is 0 Å². The Bertz CT molecular complexity index is 338. The molecule has 0 spiro atoms. The maximum Gasteiger partial charge on any atom is 0.0967 e. The van der Waals surface area contributed by atoms with E-state index in [0.29, 0.717) is 11.0 Å². The van der Waals surface area contributed by atoms with Crippen molar-refractivity contribution >= 4 is 32.2 Å². The van der Waals surface area contributed by atoms with Crippen LogP contribution in [0.2, 0.25) is 23.2 Å². The van der Waals surface area contributed by atoms with Crippen LogP contribution in [0.25, 0.3) is 0 Å². The zero-order valence-electron chi connectivity index (χ0n) is 11.0. The summed E-state index contributed by atoms with van der Waals surface area (Å²) in [5.74, 6) is 0.714. The molecule has 1 aromatic rings. The number of thioether (sulfide) groups is 1. The van der Waals surface area contributed by atoms with E-state index in [0.717, 1.165) is 11.6 Å². The van der Waals surface area contributed by atoms with Crippen molar-refractivity contribution in [1.29, 1.82) is 0 Å². The monoisotopic (exact) mass is 288 g/mol. The average molecular weight is 289 g/mol. The van der Waals surface area contributed by atoms with E-state index in [9.17, 15) is 0 Å². The SMILES string of the molecule is C[SiH](C)C(C)(C)COCSc1ccc(Cl)cc1. The fourth-order valence-corrected chi connectivity index (χ4v) is 2.32. The minimum Gasteiger partial charge on any atom is -0.370 e. The van der Waals surface area contributed by atoms with Gasteiger partial charge in [-0.3, -0.25) is 0 Å². The van der Waals surface area contributed by atoms with Gasteiger partial charge in [0.1, 0.15) is 0 Å². The Morgan fingerprint density at radius 3 is 2.35 bits per heavy atom. The first-order valence-corrected chi connectivity index (χ1v) is 10.1. The lowest BCUT2D eigenvalue weighted by molar-refractivity contribution is 0.157. The summed E-state index contributed by atoms with van der Waals surface area (Å²) < 4.78 is 5.76. The highest BCUT2D eigenvalue weighted by atomic mass is 35.5. The second-order valence-corrected chi connectivity index (χ2v) is 10.5. The third-order valence-electron chi connectivity index (χ3n) is 3.16. The number of benzene rings is 1. The van der Waals surface area contributed by atoms with Gasteiger partial charge >= 0.3 is 0 Å². The van der Waals surface area contributed by atoms with E-state index in [1.165, 1.54) is 4.90 Å². The summed E-state index contributed by atoms with van der Waals surface area (Å²) in [6.45, 7) is 10.2. The third-order valence-corrected chi connectivity index (χ3v) is 7.59. The maximum absolute atomic E-state index is 5.83. The Labute approximate surface area is 116 Å². The molecule has 0 fully saturated rings. The van der Waals surface area contributed by atoms with Gasteiger partial charge in [0.15, 0.2) is 0 Å². The quantitative estimate of drug-likeness (QED) is 0.325. The van der Waals surface area contributed by atoms with Crippen molar-refractivity contribution in [2.45, 2.75) is 36.9 Å². The van der Waals surface area contributed by atoms with Gasteiger partial charge in [-0.05, 0) is 29.3 Å². The van der Waals surface area contributed by atoms with Crippen LogP contribution in [-0.2, 0) is 4.74 Å². The molecule has 0 aliphatic rings. The lowest BCUT2D eigenvalue weighted by Crippen LogP contribution is -2.26. The van der Waals surface area contributed by atoms with Gasteiger partial charge in [-0.25, -0.2) is 0 Å². The van der Waals surface area contributed by atoms with E-state index in [1.54, 1.807) is 11.8 Å². The molecule has 0 aliphatic heterocycles. The fourth-order valence-electron chi connectivity index (χ4n) is 1.11. The van der Waals surface area contributed by atoms with Crippen LogP contribution in [0.4, 0.5) is 0 Å². The Balaban J connectivity index is 2.27. The smallest absolute Gasteiger partial charge is 0.0967 e. The topological polar surface area (TPSA) is 9.23 Å². The van der Waals surface area contributed by atoms with Gasteiger partial charge in [0.25, 0.3) is 0 Å². The third kappa shape index (κ3) is 5.47. The Kier molecular flexibility index (Phi) is 6.07. The van der Waals surface area contributed by atoms with Crippen LogP contribution in [0.1, 0.15) is 13.8 Å². The van der Waals surface area contributed by atoms with Crippen LogP contribution < -0.4 is 0 Å². The van der Waals surface area contributed by atoms with Crippen molar-refractivity contribution < 1.29 is 4.74 Å². The van der Waals surface area contributed by atoms with Gasteiger partial charge in [-0.1, -0.05) is 50.3 Å². The van der Waals surface area contributed by atoms with Crippen molar-refractivity contribution in [2.24, 2.45) is 0 Å². The van der Waals surface area contributed by atoms with E-state index in [-0.39, 0.29) is 0 Å². The highest BCUT2D eigenvalue weighted by Gasteiger charge is 2.23. The summed E-state index contributed by atoms with van der Waals surface area (Å²) in [7, 11) is -0.655. The van der Waals surface area contributed by atoms with Crippen LogP contribution in [-0.4, -0.2) is 21.3 Å². The van der Waals surface area contributed by atoms with Crippen molar-refractivity contribution in [3.05, 3.63) is 29.3 Å². The number of rotatable bonds is 6. The predicted molar refractivity (Wildman–Crippen MR) is 81.0 cm³/mol. The second kappa shape index (κ2) is 6.83. The fraction of sp³-hybridized carbons (Fsp3) is 0.538. The molecule has 96 valence electrons. The lowest BCUT2D eigenvalue weighted by Gasteiger charge is -2.27. The number of hydrogen-bond acceptors (Lipinski definition) is 2. The molecule has 0 aromatic heterocycles. The molecule has 0 unspecified atom stereocenters.